The second-order valence-corrected chi connectivity index (χ2v) is 14.2. The number of nitrogens with one attached hydrogen (secondary N) is 2. The highest BCUT2D eigenvalue weighted by atomic mass is 16.5. The highest BCUT2D eigenvalue weighted by Crippen LogP contribution is 2.29. The Hall–Kier alpha value is -6.84. The summed E-state index contributed by atoms with van der Waals surface area (Å²) >= 11 is 0. The molecule has 0 aliphatic carbocycles. The van der Waals surface area contributed by atoms with Crippen LogP contribution in [0.15, 0.2) is 66.7 Å². The second-order valence-electron chi connectivity index (χ2n) is 14.2. The molecule has 322 valence electrons. The summed E-state index contributed by atoms with van der Waals surface area (Å²) in [5.74, 6) is -2.33. The van der Waals surface area contributed by atoms with Gasteiger partial charge in [0.2, 0.25) is 11.9 Å². The molecule has 0 atom stereocenters. The first-order valence-corrected chi connectivity index (χ1v) is 20.7. The average molecular weight is 835 g/mol. The van der Waals surface area contributed by atoms with Gasteiger partial charge in [-0.25, -0.2) is 19.2 Å². The molecule has 0 aliphatic heterocycles. The molecule has 0 saturated carbocycles. The zero-order valence-corrected chi connectivity index (χ0v) is 35.4. The van der Waals surface area contributed by atoms with Crippen molar-refractivity contribution in [2.75, 3.05) is 42.8 Å². The van der Waals surface area contributed by atoms with Crippen LogP contribution < -0.4 is 16.4 Å². The van der Waals surface area contributed by atoms with Crippen molar-refractivity contribution < 1.29 is 38.1 Å². The number of hydrogen-bond donors (Lipinski definition) is 3. The molecule has 0 aliphatic rings. The van der Waals surface area contributed by atoms with Crippen LogP contribution in [0, 0.1) is 6.92 Å². The summed E-state index contributed by atoms with van der Waals surface area (Å²) < 4.78 is 23.3. The summed E-state index contributed by atoms with van der Waals surface area (Å²) in [7, 11) is 0. The van der Waals surface area contributed by atoms with Gasteiger partial charge < -0.3 is 35.3 Å². The molecule has 5 aromatic rings. The maximum absolute atomic E-state index is 13.2. The van der Waals surface area contributed by atoms with Crippen molar-refractivity contribution in [3.63, 3.8) is 0 Å². The molecule has 2 heterocycles. The third kappa shape index (κ3) is 12.6. The van der Waals surface area contributed by atoms with Crippen molar-refractivity contribution >= 4 is 53.0 Å². The number of benzene rings is 3. The fraction of sp³-hybridized carbons (Fsp3) is 0.378. The lowest BCUT2D eigenvalue weighted by molar-refractivity contribution is 0.0480. The van der Waals surface area contributed by atoms with Crippen molar-refractivity contribution in [2.45, 2.75) is 86.0 Å². The van der Waals surface area contributed by atoms with Crippen LogP contribution in [0.3, 0.4) is 0 Å². The molecule has 4 N–H and O–H groups in total. The van der Waals surface area contributed by atoms with Gasteiger partial charge >= 0.3 is 23.9 Å². The molecule has 16 heteroatoms. The van der Waals surface area contributed by atoms with Gasteiger partial charge in [-0.1, -0.05) is 83.7 Å². The quantitative estimate of drug-likeness (QED) is 0.0337. The molecule has 61 heavy (non-hydrogen) atoms. The van der Waals surface area contributed by atoms with Gasteiger partial charge in [-0.3, -0.25) is 0 Å². The minimum absolute atomic E-state index is 0.00793. The molecule has 0 unspecified atom stereocenters. The summed E-state index contributed by atoms with van der Waals surface area (Å²) in [6.07, 6.45) is 5.99. The Bertz CT molecular complexity index is 2100. The van der Waals surface area contributed by atoms with E-state index in [0.29, 0.717) is 36.9 Å². The Morgan fingerprint density at radius 2 is 0.951 bits per heavy atom. The lowest BCUT2D eigenvalue weighted by Crippen LogP contribution is -2.14. The third-order valence-corrected chi connectivity index (χ3v) is 9.27. The predicted octanol–water partition coefficient (Wildman–Crippen LogP) is 8.93. The molecule has 0 spiro atoms. The number of aromatic nitrogens is 5. The van der Waals surface area contributed by atoms with E-state index in [-0.39, 0.29) is 83.7 Å². The number of nitrogens with zero attached hydrogens (tertiary/aromatic N) is 5. The second kappa shape index (κ2) is 22.5. The van der Waals surface area contributed by atoms with Gasteiger partial charge in [-0.15, -0.1) is 0 Å². The Balaban J connectivity index is 1.61. The van der Waals surface area contributed by atoms with Gasteiger partial charge in [0.1, 0.15) is 5.82 Å². The van der Waals surface area contributed by atoms with Crippen molar-refractivity contribution in [2.24, 2.45) is 0 Å². The highest BCUT2D eigenvalue weighted by molar-refractivity contribution is 5.98. The van der Waals surface area contributed by atoms with Crippen LogP contribution in [0.25, 0.3) is 17.2 Å². The Morgan fingerprint density at radius 1 is 0.574 bits per heavy atom. The number of nitrogens with two attached hydrogens (primary N) is 1. The monoisotopic (exact) mass is 834 g/mol. The zero-order chi connectivity index (χ0) is 43.7. The minimum atomic E-state index is -0.622. The van der Waals surface area contributed by atoms with Crippen LogP contribution in [0.4, 0.5) is 29.1 Å². The van der Waals surface area contributed by atoms with E-state index in [4.69, 9.17) is 29.8 Å². The zero-order valence-electron chi connectivity index (χ0n) is 35.4. The first-order valence-electron chi connectivity index (χ1n) is 20.7. The van der Waals surface area contributed by atoms with E-state index in [1.54, 1.807) is 0 Å². The van der Waals surface area contributed by atoms with Crippen LogP contribution in [0.2, 0.25) is 0 Å². The maximum Gasteiger partial charge on any atom is 0.338 e. The number of carbonyl (C=O) groups excluding carboxylic acids is 4. The van der Waals surface area contributed by atoms with Gasteiger partial charge in [0.25, 0.3) is 5.95 Å². The summed E-state index contributed by atoms with van der Waals surface area (Å²) in [5.41, 5.74) is 9.70. The summed E-state index contributed by atoms with van der Waals surface area (Å²) in [6, 6.07) is 18.4. The van der Waals surface area contributed by atoms with Crippen molar-refractivity contribution in [1.82, 2.24) is 24.7 Å². The fourth-order valence-electron chi connectivity index (χ4n) is 5.80. The van der Waals surface area contributed by atoms with Crippen LogP contribution in [0.5, 0.6) is 0 Å². The Morgan fingerprint density at radius 3 is 1.31 bits per heavy atom. The number of nitrogen functional groups attached to an aromatic ring is 1. The molecule has 0 bridgehead atoms. The third-order valence-electron chi connectivity index (χ3n) is 9.27. The number of carbonyl (C=O) groups is 4. The molecular weight excluding hydrogens is 781 g/mol. The molecule has 0 saturated heterocycles. The van der Waals surface area contributed by atoms with E-state index >= 15 is 0 Å². The van der Waals surface area contributed by atoms with Gasteiger partial charge in [0.05, 0.1) is 54.4 Å². The van der Waals surface area contributed by atoms with Crippen LogP contribution in [-0.4, -0.2) is 75.0 Å². The molecule has 3 aromatic carbocycles. The van der Waals surface area contributed by atoms with Crippen LogP contribution >= 0.6 is 0 Å². The normalized spacial score (nSPS) is 10.8. The number of unbranched alkanes of at least 4 members (excludes halogenated alkanes) is 4. The SMILES string of the molecule is CCCCOC(=O)c1cc(Nc2nc(Nc3cc(C(=O)OCCCC)cc(C(=O)OCCCC)c3)nc(-n3nc(-c4ccccc4)c(C)c3N)n2)cc(C(=O)OCCCC)c1. The van der Waals surface area contributed by atoms with Crippen molar-refractivity contribution in [3.8, 4) is 17.2 Å². The lowest BCUT2D eigenvalue weighted by atomic mass is 10.1. The smallest absolute Gasteiger partial charge is 0.338 e. The first-order chi connectivity index (χ1) is 29.5. The molecule has 0 amide bonds. The lowest BCUT2D eigenvalue weighted by Gasteiger charge is -2.14. The number of anilines is 5. The van der Waals surface area contributed by atoms with E-state index in [0.717, 1.165) is 31.2 Å². The van der Waals surface area contributed by atoms with Crippen LogP contribution in [-0.2, 0) is 18.9 Å². The summed E-state index contributed by atoms with van der Waals surface area (Å²) in [4.78, 5) is 66.7. The summed E-state index contributed by atoms with van der Waals surface area (Å²) in [6.45, 7) is 10.6. The largest absolute Gasteiger partial charge is 0.462 e. The van der Waals surface area contributed by atoms with Gasteiger partial charge in [-0.2, -0.15) is 24.7 Å². The van der Waals surface area contributed by atoms with Gasteiger partial charge in [-0.05, 0) is 69.0 Å². The molecule has 0 radical (unpaired) electrons. The van der Waals surface area contributed by atoms with Gasteiger partial charge in [0, 0.05) is 22.5 Å². The molecule has 0 fully saturated rings. The van der Waals surface area contributed by atoms with E-state index in [9.17, 15) is 19.2 Å². The number of ether oxygens (including phenoxy) is 4. The van der Waals surface area contributed by atoms with Crippen molar-refractivity contribution in [1.29, 1.82) is 0 Å². The molecule has 2 aromatic heterocycles. The van der Waals surface area contributed by atoms with Crippen molar-refractivity contribution in [3.05, 3.63) is 94.5 Å². The maximum atomic E-state index is 13.2. The standard InChI is InChI=1S/C45H54N8O8/c1-6-10-19-58-39(54)31-23-32(40(55)59-20-11-7-2)26-35(25-31)47-43-49-44(51-45(50-43)53-38(46)29(5)37(52-53)30-17-15-14-16-18-30)48-36-27-33(41(56)60-21-12-8-3)24-34(28-36)42(57)61-22-13-9-4/h14-18,23-28H,6-13,19-22,46H2,1-5H3,(H2,47,48,49,50,51). The van der Waals surface area contributed by atoms with E-state index in [1.807, 2.05) is 65.0 Å². The van der Waals surface area contributed by atoms with E-state index < -0.39 is 23.9 Å². The Kier molecular flexibility index (Phi) is 16.7. The Labute approximate surface area is 355 Å². The molecule has 16 nitrogen and oxygen atoms in total. The van der Waals surface area contributed by atoms with Gasteiger partial charge in [0.15, 0.2) is 0 Å². The average Bonchev–Trinajstić information content (AvgIpc) is 3.56. The molecular formula is C45H54N8O8. The molecule has 5 rings (SSSR count). The number of hydrogen-bond acceptors (Lipinski definition) is 15. The predicted molar refractivity (Wildman–Crippen MR) is 232 cm³/mol. The fourth-order valence-corrected chi connectivity index (χ4v) is 5.80. The minimum Gasteiger partial charge on any atom is -0.462 e. The number of esters is 4. The highest BCUT2D eigenvalue weighted by Gasteiger charge is 2.22. The number of rotatable bonds is 22. The van der Waals surface area contributed by atoms with E-state index in [2.05, 4.69) is 25.6 Å². The topological polar surface area (TPSA) is 212 Å². The summed E-state index contributed by atoms with van der Waals surface area (Å²) in [5, 5.41) is 11.0. The first kappa shape index (κ1) is 45.2. The van der Waals surface area contributed by atoms with E-state index in [1.165, 1.54) is 41.1 Å². The van der Waals surface area contributed by atoms with Crippen LogP contribution in [0.1, 0.15) is 126 Å².